The van der Waals surface area contributed by atoms with Crippen LogP contribution in [0.5, 0.6) is 0 Å². The van der Waals surface area contributed by atoms with Crippen LogP contribution >= 0.6 is 12.2 Å². The van der Waals surface area contributed by atoms with E-state index in [1.54, 1.807) is 0 Å². The van der Waals surface area contributed by atoms with Crippen molar-refractivity contribution < 1.29 is 4.79 Å². The number of piperidine rings is 1. The number of thiocarbonyl (C=S) groups is 1. The molecule has 0 aromatic carbocycles. The van der Waals surface area contributed by atoms with Crippen molar-refractivity contribution in [3.8, 4) is 0 Å². The monoisotopic (exact) mass is 256 g/mol. The number of hydrogen-bond donors (Lipinski definition) is 1. The molecule has 0 aromatic rings. The Bertz CT molecular complexity index is 268. The number of rotatable bonds is 6. The number of amides is 1. The zero-order valence-corrected chi connectivity index (χ0v) is 11.6. The molecule has 3 nitrogen and oxygen atoms in total. The third-order valence-corrected chi connectivity index (χ3v) is 3.67. The van der Waals surface area contributed by atoms with Crippen molar-refractivity contribution in [1.82, 2.24) is 4.90 Å². The van der Waals surface area contributed by atoms with E-state index in [1.165, 1.54) is 12.8 Å². The van der Waals surface area contributed by atoms with Crippen LogP contribution in [0.4, 0.5) is 0 Å². The maximum Gasteiger partial charge on any atom is 0.223 e. The molecule has 1 saturated heterocycles. The SMILES string of the molecule is CCCCCCC(=O)N1CCCCC1C(N)=S. The highest BCUT2D eigenvalue weighted by atomic mass is 32.1. The summed E-state index contributed by atoms with van der Waals surface area (Å²) in [6, 6.07) is 0.0115. The molecule has 1 fully saturated rings. The summed E-state index contributed by atoms with van der Waals surface area (Å²) in [6.45, 7) is 3.00. The summed E-state index contributed by atoms with van der Waals surface area (Å²) < 4.78 is 0. The van der Waals surface area contributed by atoms with Gasteiger partial charge < -0.3 is 10.6 Å². The fourth-order valence-electron chi connectivity index (χ4n) is 2.37. The number of carbonyl (C=O) groups is 1. The van der Waals surface area contributed by atoms with Crippen LogP contribution in [0.1, 0.15) is 58.3 Å². The molecular weight excluding hydrogens is 232 g/mol. The highest BCUT2D eigenvalue weighted by molar-refractivity contribution is 7.80. The number of likely N-dealkylation sites (tertiary alicyclic amines) is 1. The number of hydrogen-bond acceptors (Lipinski definition) is 2. The summed E-state index contributed by atoms with van der Waals surface area (Å²) >= 11 is 5.05. The minimum absolute atomic E-state index is 0.0115. The summed E-state index contributed by atoms with van der Waals surface area (Å²) in [4.78, 5) is 14.5. The molecular formula is C13H24N2OS. The first-order valence-electron chi connectivity index (χ1n) is 6.75. The van der Waals surface area contributed by atoms with Gasteiger partial charge in [0.1, 0.15) is 0 Å². The highest BCUT2D eigenvalue weighted by Gasteiger charge is 2.27. The standard InChI is InChI=1S/C13H24N2OS/c1-2-3-4-5-9-12(16)15-10-7-6-8-11(15)13(14)17/h11H,2-10H2,1H3,(H2,14,17). The summed E-state index contributed by atoms with van der Waals surface area (Å²) in [7, 11) is 0. The van der Waals surface area contributed by atoms with Crippen LogP contribution in [0, 0.1) is 0 Å². The van der Waals surface area contributed by atoms with E-state index in [1.807, 2.05) is 4.90 Å². The second-order valence-corrected chi connectivity index (χ2v) is 5.28. The fraction of sp³-hybridized carbons (Fsp3) is 0.846. The second kappa shape index (κ2) is 7.64. The van der Waals surface area contributed by atoms with Gasteiger partial charge in [-0.2, -0.15) is 0 Å². The summed E-state index contributed by atoms with van der Waals surface area (Å²) in [5, 5.41) is 0. The Morgan fingerprint density at radius 3 is 2.76 bits per heavy atom. The first kappa shape index (κ1) is 14.4. The van der Waals surface area contributed by atoms with Crippen LogP contribution < -0.4 is 5.73 Å². The van der Waals surface area contributed by atoms with Crippen LogP contribution in [0.3, 0.4) is 0 Å². The Kier molecular flexibility index (Phi) is 6.48. The Morgan fingerprint density at radius 2 is 2.12 bits per heavy atom. The number of nitrogens with two attached hydrogens (primary N) is 1. The third kappa shape index (κ3) is 4.62. The first-order chi connectivity index (χ1) is 8.16. The van der Waals surface area contributed by atoms with Crippen molar-refractivity contribution in [2.75, 3.05) is 6.54 Å². The van der Waals surface area contributed by atoms with Crippen LogP contribution in [0.25, 0.3) is 0 Å². The molecule has 0 saturated carbocycles. The molecule has 0 bridgehead atoms. The van der Waals surface area contributed by atoms with Gasteiger partial charge in [0.15, 0.2) is 0 Å². The van der Waals surface area contributed by atoms with Gasteiger partial charge in [-0.15, -0.1) is 0 Å². The van der Waals surface area contributed by atoms with Crippen molar-refractivity contribution in [3.05, 3.63) is 0 Å². The number of nitrogens with zero attached hydrogens (tertiary/aromatic N) is 1. The molecule has 0 spiro atoms. The minimum atomic E-state index is 0.0115. The molecule has 4 heteroatoms. The van der Waals surface area contributed by atoms with Gasteiger partial charge >= 0.3 is 0 Å². The average Bonchev–Trinajstić information content (AvgIpc) is 2.34. The maximum atomic E-state index is 12.1. The van der Waals surface area contributed by atoms with E-state index < -0.39 is 0 Å². The highest BCUT2D eigenvalue weighted by Crippen LogP contribution is 2.19. The molecule has 1 heterocycles. The summed E-state index contributed by atoms with van der Waals surface area (Å²) in [6.07, 6.45) is 8.36. The van der Waals surface area contributed by atoms with Gasteiger partial charge in [0, 0.05) is 13.0 Å². The smallest absolute Gasteiger partial charge is 0.223 e. The largest absolute Gasteiger partial charge is 0.392 e. The van der Waals surface area contributed by atoms with Crippen LogP contribution in [-0.4, -0.2) is 28.4 Å². The lowest BCUT2D eigenvalue weighted by Crippen LogP contribution is -2.49. The molecule has 1 aliphatic rings. The summed E-state index contributed by atoms with van der Waals surface area (Å²) in [5.74, 6) is 0.235. The van der Waals surface area contributed by atoms with Gasteiger partial charge in [-0.05, 0) is 25.7 Å². The lowest BCUT2D eigenvalue weighted by atomic mass is 10.0. The number of carbonyl (C=O) groups excluding carboxylic acids is 1. The van der Waals surface area contributed by atoms with Crippen LogP contribution in [0.2, 0.25) is 0 Å². The second-order valence-electron chi connectivity index (χ2n) is 4.81. The van der Waals surface area contributed by atoms with Gasteiger partial charge in [-0.3, -0.25) is 4.79 Å². The minimum Gasteiger partial charge on any atom is -0.392 e. The van der Waals surface area contributed by atoms with E-state index in [-0.39, 0.29) is 11.9 Å². The molecule has 1 aliphatic heterocycles. The Morgan fingerprint density at radius 1 is 1.35 bits per heavy atom. The van der Waals surface area contributed by atoms with E-state index >= 15 is 0 Å². The maximum absolute atomic E-state index is 12.1. The number of unbranched alkanes of at least 4 members (excludes halogenated alkanes) is 3. The quantitative estimate of drug-likeness (QED) is 0.587. The topological polar surface area (TPSA) is 46.3 Å². The lowest BCUT2D eigenvalue weighted by Gasteiger charge is -2.35. The molecule has 1 rings (SSSR count). The predicted octanol–water partition coefficient (Wildman–Crippen LogP) is 2.62. The van der Waals surface area contributed by atoms with E-state index in [2.05, 4.69) is 6.92 Å². The first-order valence-corrected chi connectivity index (χ1v) is 7.16. The molecule has 1 atom stereocenters. The molecule has 0 aromatic heterocycles. The van der Waals surface area contributed by atoms with Gasteiger partial charge in [0.2, 0.25) is 5.91 Å². The van der Waals surface area contributed by atoms with E-state index in [0.717, 1.165) is 38.6 Å². The molecule has 1 unspecified atom stereocenters. The normalized spacial score (nSPS) is 20.3. The van der Waals surface area contributed by atoms with Crippen molar-refractivity contribution in [2.24, 2.45) is 5.73 Å². The van der Waals surface area contributed by atoms with Gasteiger partial charge in [0.25, 0.3) is 0 Å². The van der Waals surface area contributed by atoms with Gasteiger partial charge in [-0.25, -0.2) is 0 Å². The zero-order chi connectivity index (χ0) is 12.7. The van der Waals surface area contributed by atoms with Gasteiger partial charge in [-0.1, -0.05) is 38.4 Å². The van der Waals surface area contributed by atoms with E-state index in [4.69, 9.17) is 18.0 Å². The molecule has 1 amide bonds. The van der Waals surface area contributed by atoms with E-state index in [9.17, 15) is 4.79 Å². The molecule has 0 aliphatic carbocycles. The van der Waals surface area contributed by atoms with Crippen molar-refractivity contribution in [1.29, 1.82) is 0 Å². The van der Waals surface area contributed by atoms with Gasteiger partial charge in [0.05, 0.1) is 11.0 Å². The lowest BCUT2D eigenvalue weighted by molar-refractivity contribution is -0.133. The third-order valence-electron chi connectivity index (χ3n) is 3.40. The molecule has 2 N–H and O–H groups in total. The van der Waals surface area contributed by atoms with Crippen LogP contribution in [-0.2, 0) is 4.79 Å². The Balaban J connectivity index is 2.39. The van der Waals surface area contributed by atoms with E-state index in [0.29, 0.717) is 11.4 Å². The summed E-state index contributed by atoms with van der Waals surface area (Å²) in [5.41, 5.74) is 5.71. The van der Waals surface area contributed by atoms with Crippen molar-refractivity contribution >= 4 is 23.1 Å². The fourth-order valence-corrected chi connectivity index (χ4v) is 2.62. The van der Waals surface area contributed by atoms with Crippen molar-refractivity contribution in [3.63, 3.8) is 0 Å². The Hall–Kier alpha value is -0.640. The molecule has 17 heavy (non-hydrogen) atoms. The average molecular weight is 256 g/mol. The predicted molar refractivity (Wildman–Crippen MR) is 74.9 cm³/mol. The molecule has 98 valence electrons. The zero-order valence-electron chi connectivity index (χ0n) is 10.8. The van der Waals surface area contributed by atoms with Crippen LogP contribution in [0.15, 0.2) is 0 Å². The Labute approximate surface area is 110 Å². The van der Waals surface area contributed by atoms with Crippen molar-refractivity contribution in [2.45, 2.75) is 64.3 Å². The molecule has 0 radical (unpaired) electrons.